The molecule has 3 N–H and O–H groups in total. The van der Waals surface area contributed by atoms with Crippen molar-refractivity contribution in [3.8, 4) is 11.1 Å². The average molecular weight is 687 g/mol. The molecule has 0 bridgehead atoms. The second-order valence-electron chi connectivity index (χ2n) is 13.6. The zero-order valence-electron chi connectivity index (χ0n) is 27.6. The maximum atomic E-state index is 14.1. The normalized spacial score (nSPS) is 15.4. The van der Waals surface area contributed by atoms with Crippen LogP contribution < -0.4 is 10.6 Å². The van der Waals surface area contributed by atoms with Crippen LogP contribution in [-0.2, 0) is 21.3 Å². The highest BCUT2D eigenvalue weighted by Gasteiger charge is 2.29. The quantitative estimate of drug-likeness (QED) is 0.137. The number of aryl methyl sites for hydroxylation is 1. The molecule has 4 aromatic carbocycles. The lowest BCUT2D eigenvalue weighted by molar-refractivity contribution is -0.117. The topological polar surface area (TPSA) is 113 Å². The first-order valence-electron chi connectivity index (χ1n) is 16.4. The molecule has 0 radical (unpaired) electrons. The van der Waals surface area contributed by atoms with Crippen molar-refractivity contribution in [2.24, 2.45) is 5.41 Å². The van der Waals surface area contributed by atoms with Crippen LogP contribution in [0.1, 0.15) is 84.0 Å². The molecule has 2 amide bonds. The van der Waals surface area contributed by atoms with Gasteiger partial charge in [0.2, 0.25) is 5.91 Å². The van der Waals surface area contributed by atoms with Gasteiger partial charge in [-0.05, 0) is 120 Å². The predicted octanol–water partition coefficient (Wildman–Crippen LogP) is 8.58. The van der Waals surface area contributed by atoms with Crippen LogP contribution in [-0.4, -0.2) is 37.1 Å². The summed E-state index contributed by atoms with van der Waals surface area (Å²) in [7, 11) is -4.17. The summed E-state index contributed by atoms with van der Waals surface area (Å²) in [6.07, 6.45) is 5.01. The smallest absolute Gasteiger partial charge is 0.266 e. The fraction of sp³-hybridized carbons (Fsp3) is 0.333. The van der Waals surface area contributed by atoms with E-state index in [0.29, 0.717) is 34.0 Å². The summed E-state index contributed by atoms with van der Waals surface area (Å²) in [5.74, 6) is -1.16. The number of nitrogens with one attached hydrogen (secondary N) is 2. The van der Waals surface area contributed by atoms with E-state index in [0.717, 1.165) is 40.7 Å². The third-order valence-electron chi connectivity index (χ3n) is 9.39. The summed E-state index contributed by atoms with van der Waals surface area (Å²) in [5.41, 5.74) is 7.67. The highest BCUT2D eigenvalue weighted by Crippen LogP contribution is 2.43. The van der Waals surface area contributed by atoms with Crippen molar-refractivity contribution in [2.45, 2.75) is 64.7 Å². The molecule has 0 spiro atoms. The van der Waals surface area contributed by atoms with Crippen molar-refractivity contribution in [3.63, 3.8) is 0 Å². The molecule has 48 heavy (non-hydrogen) atoms. The number of amides is 2. The number of hydrogen-bond acceptors (Lipinski definition) is 4. The minimum Gasteiger partial charge on any atom is -0.351 e. The van der Waals surface area contributed by atoms with Gasteiger partial charge in [-0.15, -0.1) is 0 Å². The number of rotatable bonds is 11. The van der Waals surface area contributed by atoms with E-state index >= 15 is 0 Å². The molecular formula is C39H43ClN2O5S. The van der Waals surface area contributed by atoms with Gasteiger partial charge in [0.25, 0.3) is 16.0 Å². The average Bonchev–Trinajstić information content (AvgIpc) is 3.04. The molecule has 0 saturated heterocycles. The van der Waals surface area contributed by atoms with Crippen LogP contribution in [0.3, 0.4) is 0 Å². The zero-order chi connectivity index (χ0) is 34.5. The SMILES string of the molecule is Cc1cc(Cl)ccc1-c1ccc(NC(=O)[C@H](Cc2ccc(C(=O)NCCS(=O)(=O)O)cc2)c2cccc(C3CCC(C)(C)CC3)c2)cc1. The third kappa shape index (κ3) is 9.56. The summed E-state index contributed by atoms with van der Waals surface area (Å²) in [5, 5.41) is 6.34. The standard InChI is InChI=1S/C39H43ClN2O5S/c1-26-23-33(40)13-16-35(26)29-11-14-34(15-12-29)42-38(44)36(32-6-4-5-31(25-32)28-17-19-39(2,3)20-18-28)24-27-7-9-30(10-8-27)37(43)41-21-22-48(45,46)47/h4-16,23,25,28,36H,17-22,24H2,1-3H3,(H,41,43)(H,42,44)(H,45,46,47)/t36-/m1/s1. The maximum absolute atomic E-state index is 14.1. The molecule has 252 valence electrons. The Labute approximate surface area is 288 Å². The van der Waals surface area contributed by atoms with E-state index in [2.05, 4.69) is 36.6 Å². The minimum atomic E-state index is -4.17. The van der Waals surface area contributed by atoms with Crippen LogP contribution in [0.4, 0.5) is 5.69 Å². The van der Waals surface area contributed by atoms with Gasteiger partial charge in [0.15, 0.2) is 0 Å². The van der Waals surface area contributed by atoms with Crippen molar-refractivity contribution in [2.75, 3.05) is 17.6 Å². The van der Waals surface area contributed by atoms with Crippen LogP contribution in [0.15, 0.2) is 91.0 Å². The molecule has 7 nitrogen and oxygen atoms in total. The Kier molecular flexibility index (Phi) is 11.1. The molecule has 1 fully saturated rings. The van der Waals surface area contributed by atoms with Crippen molar-refractivity contribution in [1.29, 1.82) is 0 Å². The molecule has 9 heteroatoms. The largest absolute Gasteiger partial charge is 0.351 e. The number of hydrogen-bond donors (Lipinski definition) is 3. The molecule has 1 aliphatic carbocycles. The van der Waals surface area contributed by atoms with Crippen LogP contribution in [0.25, 0.3) is 11.1 Å². The van der Waals surface area contributed by atoms with E-state index in [1.807, 2.05) is 73.7 Å². The van der Waals surface area contributed by atoms with Crippen LogP contribution in [0, 0.1) is 12.3 Å². The fourth-order valence-corrected chi connectivity index (χ4v) is 7.05. The van der Waals surface area contributed by atoms with Crippen LogP contribution >= 0.6 is 11.6 Å². The number of carbonyl (C=O) groups is 2. The number of halogens is 1. The molecule has 0 aliphatic heterocycles. The van der Waals surface area contributed by atoms with Crippen molar-refractivity contribution in [1.82, 2.24) is 5.32 Å². The van der Waals surface area contributed by atoms with Gasteiger partial charge < -0.3 is 10.6 Å². The lowest BCUT2D eigenvalue weighted by atomic mass is 9.71. The lowest BCUT2D eigenvalue weighted by Gasteiger charge is -2.34. The summed E-state index contributed by atoms with van der Waals surface area (Å²) in [4.78, 5) is 26.6. The lowest BCUT2D eigenvalue weighted by Crippen LogP contribution is -2.28. The van der Waals surface area contributed by atoms with Gasteiger partial charge >= 0.3 is 0 Å². The Morgan fingerprint density at radius 3 is 2.27 bits per heavy atom. The molecule has 1 saturated carbocycles. The second-order valence-corrected chi connectivity index (χ2v) is 15.6. The van der Waals surface area contributed by atoms with Crippen molar-refractivity contribution >= 4 is 39.2 Å². The Balaban J connectivity index is 1.36. The first-order chi connectivity index (χ1) is 22.8. The van der Waals surface area contributed by atoms with Gasteiger partial charge in [-0.2, -0.15) is 8.42 Å². The summed E-state index contributed by atoms with van der Waals surface area (Å²) in [6.45, 7) is 6.48. The molecule has 1 atom stereocenters. The molecule has 1 aliphatic rings. The molecule has 0 heterocycles. The zero-order valence-corrected chi connectivity index (χ0v) is 29.2. The monoisotopic (exact) mass is 686 g/mol. The van der Waals surface area contributed by atoms with E-state index in [9.17, 15) is 18.0 Å². The van der Waals surface area contributed by atoms with Crippen LogP contribution in [0.5, 0.6) is 0 Å². The number of carbonyl (C=O) groups excluding carboxylic acids is 2. The van der Waals surface area contributed by atoms with Gasteiger partial charge in [0.1, 0.15) is 0 Å². The summed E-state index contributed by atoms with van der Waals surface area (Å²) < 4.78 is 30.9. The maximum Gasteiger partial charge on any atom is 0.266 e. The first kappa shape index (κ1) is 35.3. The summed E-state index contributed by atoms with van der Waals surface area (Å²) in [6, 6.07) is 29.0. The summed E-state index contributed by atoms with van der Waals surface area (Å²) >= 11 is 6.15. The van der Waals surface area contributed by atoms with Gasteiger partial charge in [-0.3, -0.25) is 14.1 Å². The van der Waals surface area contributed by atoms with Crippen molar-refractivity contribution in [3.05, 3.63) is 124 Å². The molecular weight excluding hydrogens is 644 g/mol. The van der Waals surface area contributed by atoms with E-state index < -0.39 is 27.7 Å². The first-order valence-corrected chi connectivity index (χ1v) is 18.3. The van der Waals surface area contributed by atoms with Crippen LogP contribution in [0.2, 0.25) is 5.02 Å². The van der Waals surface area contributed by atoms with Crippen molar-refractivity contribution < 1.29 is 22.6 Å². The fourth-order valence-electron chi connectivity index (χ4n) is 6.46. The van der Waals surface area contributed by atoms with E-state index in [4.69, 9.17) is 16.2 Å². The second kappa shape index (κ2) is 15.1. The third-order valence-corrected chi connectivity index (χ3v) is 10.3. The van der Waals surface area contributed by atoms with E-state index in [-0.39, 0.29) is 12.5 Å². The highest BCUT2D eigenvalue weighted by atomic mass is 35.5. The molecule has 4 aromatic rings. The molecule has 0 aromatic heterocycles. The Bertz CT molecular complexity index is 1860. The number of anilines is 1. The Morgan fingerprint density at radius 1 is 0.938 bits per heavy atom. The predicted molar refractivity (Wildman–Crippen MR) is 193 cm³/mol. The van der Waals surface area contributed by atoms with Gasteiger partial charge in [0.05, 0.1) is 11.7 Å². The Hall–Kier alpha value is -3.98. The Morgan fingerprint density at radius 2 is 1.62 bits per heavy atom. The minimum absolute atomic E-state index is 0.126. The van der Waals surface area contributed by atoms with E-state index in [1.165, 1.54) is 18.4 Å². The molecule has 5 rings (SSSR count). The van der Waals surface area contributed by atoms with Gasteiger partial charge in [-0.25, -0.2) is 0 Å². The molecule has 0 unspecified atom stereocenters. The van der Waals surface area contributed by atoms with Gasteiger partial charge in [0, 0.05) is 22.8 Å². The van der Waals surface area contributed by atoms with Gasteiger partial charge in [-0.1, -0.05) is 80.0 Å². The number of benzene rings is 4. The van der Waals surface area contributed by atoms with E-state index in [1.54, 1.807) is 12.1 Å². The highest BCUT2D eigenvalue weighted by molar-refractivity contribution is 7.85.